The van der Waals surface area contributed by atoms with Crippen molar-refractivity contribution in [3.8, 4) is 0 Å². The van der Waals surface area contributed by atoms with Crippen LogP contribution in [0.25, 0.3) is 0 Å². The van der Waals surface area contributed by atoms with Crippen molar-refractivity contribution in [1.29, 1.82) is 0 Å². The van der Waals surface area contributed by atoms with Gasteiger partial charge in [0, 0.05) is 56.7 Å². The molecule has 0 aliphatic heterocycles. The minimum absolute atomic E-state index is 0.724. The molecule has 0 bridgehead atoms. The first kappa shape index (κ1) is 19.8. The Morgan fingerprint density at radius 2 is 2.00 bits per heavy atom. The Labute approximate surface area is 157 Å². The van der Waals surface area contributed by atoms with E-state index >= 15 is 0 Å². The molecule has 0 fully saturated rings. The van der Waals surface area contributed by atoms with E-state index in [4.69, 9.17) is 0 Å². The Bertz CT molecular complexity index is 669. The summed E-state index contributed by atoms with van der Waals surface area (Å²) in [7, 11) is 0. The molecule has 0 spiro atoms. The summed E-state index contributed by atoms with van der Waals surface area (Å²) < 4.78 is 0. The lowest BCUT2D eigenvalue weighted by molar-refractivity contribution is 0.750. The van der Waals surface area contributed by atoms with Gasteiger partial charge in [0.1, 0.15) is 0 Å². The Hall–Kier alpha value is -2.56. The number of pyridine rings is 1. The molecule has 2 N–H and O–H groups in total. The van der Waals surface area contributed by atoms with Gasteiger partial charge in [-0.2, -0.15) is 0 Å². The maximum atomic E-state index is 4.65. The molecule has 1 heterocycles. The monoisotopic (exact) mass is 353 g/mol. The topological polar surface area (TPSA) is 52.6 Å². The average molecular weight is 354 g/mol. The van der Waals surface area contributed by atoms with E-state index in [9.17, 15) is 0 Å². The predicted octanol–water partition coefficient (Wildman–Crippen LogP) is 3.01. The predicted molar refractivity (Wildman–Crippen MR) is 111 cm³/mol. The number of rotatable bonds is 9. The van der Waals surface area contributed by atoms with E-state index in [1.165, 1.54) is 11.3 Å². The second-order valence-electron chi connectivity index (χ2n) is 6.18. The Balaban J connectivity index is 1.83. The van der Waals surface area contributed by atoms with Gasteiger partial charge in [-0.1, -0.05) is 18.2 Å². The second-order valence-corrected chi connectivity index (χ2v) is 6.18. The fraction of sp³-hybridized carbons (Fsp3) is 0.429. The molecule has 0 radical (unpaired) electrons. The highest BCUT2D eigenvalue weighted by Gasteiger charge is 2.05. The largest absolute Gasteiger partial charge is 0.370 e. The van der Waals surface area contributed by atoms with Gasteiger partial charge in [0.2, 0.25) is 0 Å². The lowest BCUT2D eigenvalue weighted by Crippen LogP contribution is -2.41. The molecule has 2 aromatic rings. The number of guanidine groups is 1. The number of hydrogen-bond acceptors (Lipinski definition) is 3. The summed E-state index contributed by atoms with van der Waals surface area (Å²) in [6.07, 6.45) is 2.68. The van der Waals surface area contributed by atoms with Crippen molar-refractivity contribution in [2.45, 2.75) is 27.2 Å². The molecule has 0 saturated heterocycles. The number of hydrogen-bond donors (Lipinski definition) is 2. The van der Waals surface area contributed by atoms with E-state index in [0.717, 1.165) is 50.8 Å². The van der Waals surface area contributed by atoms with E-state index in [1.54, 1.807) is 0 Å². The maximum absolute atomic E-state index is 4.65. The van der Waals surface area contributed by atoms with Gasteiger partial charge in [0.25, 0.3) is 0 Å². The van der Waals surface area contributed by atoms with E-state index < -0.39 is 0 Å². The minimum Gasteiger partial charge on any atom is -0.370 e. The molecule has 0 unspecified atom stereocenters. The van der Waals surface area contributed by atoms with Crippen LogP contribution >= 0.6 is 0 Å². The summed E-state index contributed by atoms with van der Waals surface area (Å²) in [5.41, 5.74) is 3.63. The van der Waals surface area contributed by atoms with Crippen LogP contribution in [-0.4, -0.2) is 43.7 Å². The molecular weight excluding hydrogens is 322 g/mol. The summed E-state index contributed by atoms with van der Waals surface area (Å²) in [6, 6.07) is 14.6. The van der Waals surface area contributed by atoms with Crippen molar-refractivity contribution in [2.24, 2.45) is 4.99 Å². The SMILES string of the molecule is CCNC(=NCCc1ccccn1)NCCN(CC)c1cccc(C)c1. The van der Waals surface area contributed by atoms with Crippen LogP contribution in [0.15, 0.2) is 53.7 Å². The zero-order valence-electron chi connectivity index (χ0n) is 16.2. The fourth-order valence-corrected chi connectivity index (χ4v) is 2.77. The number of nitrogens with one attached hydrogen (secondary N) is 2. The van der Waals surface area contributed by atoms with Gasteiger partial charge in [0.05, 0.1) is 0 Å². The van der Waals surface area contributed by atoms with E-state index in [2.05, 4.69) is 70.5 Å². The molecule has 1 aromatic carbocycles. The maximum Gasteiger partial charge on any atom is 0.191 e. The Morgan fingerprint density at radius 3 is 2.69 bits per heavy atom. The first-order valence-electron chi connectivity index (χ1n) is 9.46. The zero-order valence-corrected chi connectivity index (χ0v) is 16.2. The van der Waals surface area contributed by atoms with Gasteiger partial charge in [-0.3, -0.25) is 9.98 Å². The molecule has 5 heteroatoms. The molecule has 2 rings (SSSR count). The van der Waals surface area contributed by atoms with Crippen LogP contribution in [-0.2, 0) is 6.42 Å². The second kappa shape index (κ2) is 11.1. The third-order valence-electron chi connectivity index (χ3n) is 4.13. The lowest BCUT2D eigenvalue weighted by Gasteiger charge is -2.24. The van der Waals surface area contributed by atoms with Gasteiger partial charge >= 0.3 is 0 Å². The van der Waals surface area contributed by atoms with Gasteiger partial charge in [-0.25, -0.2) is 0 Å². The van der Waals surface area contributed by atoms with Crippen LogP contribution < -0.4 is 15.5 Å². The molecule has 0 amide bonds. The Kier molecular flexibility index (Phi) is 8.46. The highest BCUT2D eigenvalue weighted by atomic mass is 15.2. The van der Waals surface area contributed by atoms with E-state index in [0.29, 0.717) is 0 Å². The number of benzene rings is 1. The average Bonchev–Trinajstić information content (AvgIpc) is 2.66. The molecule has 0 atom stereocenters. The number of aryl methyl sites for hydroxylation is 1. The first-order valence-corrected chi connectivity index (χ1v) is 9.46. The quantitative estimate of drug-likeness (QED) is 0.537. The smallest absolute Gasteiger partial charge is 0.191 e. The molecular formula is C21H31N5. The molecule has 0 aliphatic rings. The van der Waals surface area contributed by atoms with E-state index in [1.807, 2.05) is 24.4 Å². The third-order valence-corrected chi connectivity index (χ3v) is 4.13. The molecule has 140 valence electrons. The summed E-state index contributed by atoms with van der Waals surface area (Å²) >= 11 is 0. The summed E-state index contributed by atoms with van der Waals surface area (Å²) in [5.74, 6) is 0.865. The van der Waals surface area contributed by atoms with Gasteiger partial charge in [0.15, 0.2) is 5.96 Å². The van der Waals surface area contributed by atoms with Crippen molar-refractivity contribution in [2.75, 3.05) is 37.6 Å². The van der Waals surface area contributed by atoms with Crippen LogP contribution in [0.4, 0.5) is 5.69 Å². The van der Waals surface area contributed by atoms with Crippen LogP contribution in [0.1, 0.15) is 25.1 Å². The normalized spacial score (nSPS) is 11.3. The summed E-state index contributed by atoms with van der Waals surface area (Å²) in [6.45, 7) is 10.7. The van der Waals surface area contributed by atoms with Crippen molar-refractivity contribution < 1.29 is 0 Å². The summed E-state index contributed by atoms with van der Waals surface area (Å²) in [5, 5.41) is 6.74. The highest BCUT2D eigenvalue weighted by Crippen LogP contribution is 2.14. The van der Waals surface area contributed by atoms with Crippen molar-refractivity contribution >= 4 is 11.6 Å². The van der Waals surface area contributed by atoms with Crippen LogP contribution in [0.2, 0.25) is 0 Å². The minimum atomic E-state index is 0.724. The van der Waals surface area contributed by atoms with Crippen molar-refractivity contribution in [3.63, 3.8) is 0 Å². The van der Waals surface area contributed by atoms with Gasteiger partial charge in [-0.15, -0.1) is 0 Å². The zero-order chi connectivity index (χ0) is 18.6. The fourth-order valence-electron chi connectivity index (χ4n) is 2.77. The van der Waals surface area contributed by atoms with Crippen LogP contribution in [0.3, 0.4) is 0 Å². The number of anilines is 1. The number of aliphatic imine (C=N–C) groups is 1. The third kappa shape index (κ3) is 6.75. The van der Waals surface area contributed by atoms with Gasteiger partial charge < -0.3 is 15.5 Å². The van der Waals surface area contributed by atoms with Gasteiger partial charge in [-0.05, 0) is 50.6 Å². The molecule has 5 nitrogen and oxygen atoms in total. The number of likely N-dealkylation sites (N-methyl/N-ethyl adjacent to an activating group) is 1. The molecule has 1 aromatic heterocycles. The summed E-state index contributed by atoms with van der Waals surface area (Å²) in [4.78, 5) is 11.4. The lowest BCUT2D eigenvalue weighted by atomic mass is 10.2. The first-order chi connectivity index (χ1) is 12.7. The molecule has 0 aliphatic carbocycles. The number of nitrogens with zero attached hydrogens (tertiary/aromatic N) is 3. The van der Waals surface area contributed by atoms with E-state index in [-0.39, 0.29) is 0 Å². The molecule has 0 saturated carbocycles. The Morgan fingerprint density at radius 1 is 1.12 bits per heavy atom. The van der Waals surface area contributed by atoms with Crippen molar-refractivity contribution in [1.82, 2.24) is 15.6 Å². The molecule has 26 heavy (non-hydrogen) atoms. The highest BCUT2D eigenvalue weighted by molar-refractivity contribution is 5.79. The standard InChI is InChI=1S/C21H31N5/c1-4-22-21(24-14-12-19-10-6-7-13-23-19)25-15-16-26(5-2)20-11-8-9-18(3)17-20/h6-11,13,17H,4-5,12,14-16H2,1-3H3,(H2,22,24,25). The number of aromatic nitrogens is 1. The van der Waals surface area contributed by atoms with Crippen LogP contribution in [0.5, 0.6) is 0 Å². The van der Waals surface area contributed by atoms with Crippen molar-refractivity contribution in [3.05, 3.63) is 59.9 Å². The van der Waals surface area contributed by atoms with Crippen LogP contribution in [0, 0.1) is 6.92 Å².